The second-order valence-corrected chi connectivity index (χ2v) is 4.00. The van der Waals surface area contributed by atoms with Crippen molar-refractivity contribution in [1.82, 2.24) is 0 Å². The van der Waals surface area contributed by atoms with E-state index in [9.17, 15) is 9.59 Å². The summed E-state index contributed by atoms with van der Waals surface area (Å²) in [6.45, 7) is -0.448. The van der Waals surface area contributed by atoms with Gasteiger partial charge in [0.05, 0.1) is 24.3 Å². The van der Waals surface area contributed by atoms with Crippen LogP contribution in [0.3, 0.4) is 0 Å². The molecule has 0 aliphatic carbocycles. The summed E-state index contributed by atoms with van der Waals surface area (Å²) < 4.78 is 0. The fraction of sp³-hybridized carbons (Fsp3) is 0.182. The van der Waals surface area contributed by atoms with Gasteiger partial charge in [0.15, 0.2) is 0 Å². The number of anilines is 1. The zero-order valence-electron chi connectivity index (χ0n) is 9.39. The van der Waals surface area contributed by atoms with Crippen LogP contribution in [0.2, 0.25) is 5.02 Å². The van der Waals surface area contributed by atoms with E-state index in [-0.39, 0.29) is 18.7 Å². The van der Waals surface area contributed by atoms with Crippen molar-refractivity contribution in [2.24, 2.45) is 11.5 Å². The number of primary amides is 2. The number of nitrogens with zero attached hydrogens (tertiary/aromatic N) is 2. The average molecular weight is 267 g/mol. The standard InChI is InChI=1S/C11H11ClN4O2/c12-8-2-1-7(4-13)9(3-8)16(5-10(14)17)6-11(15)18/h1-3H,5-6H2,(H2,14,17)(H2,15,18). The molecule has 0 spiro atoms. The van der Waals surface area contributed by atoms with Crippen molar-refractivity contribution in [3.8, 4) is 6.07 Å². The molecule has 2 amide bonds. The molecule has 1 aromatic rings. The van der Waals surface area contributed by atoms with E-state index in [1.807, 2.05) is 6.07 Å². The Morgan fingerprint density at radius 3 is 2.28 bits per heavy atom. The molecule has 18 heavy (non-hydrogen) atoms. The number of halogens is 1. The highest BCUT2D eigenvalue weighted by molar-refractivity contribution is 6.30. The molecule has 0 aliphatic rings. The van der Waals surface area contributed by atoms with Gasteiger partial charge >= 0.3 is 0 Å². The number of hydrogen-bond donors (Lipinski definition) is 2. The van der Waals surface area contributed by atoms with Gasteiger partial charge in [0, 0.05) is 5.02 Å². The van der Waals surface area contributed by atoms with Crippen LogP contribution in [0.5, 0.6) is 0 Å². The molecule has 7 heteroatoms. The molecule has 4 N–H and O–H groups in total. The van der Waals surface area contributed by atoms with E-state index in [0.717, 1.165) is 0 Å². The molecular formula is C11H11ClN4O2. The molecule has 0 heterocycles. The zero-order valence-corrected chi connectivity index (χ0v) is 10.1. The summed E-state index contributed by atoms with van der Waals surface area (Å²) in [5, 5.41) is 9.35. The molecule has 1 aromatic carbocycles. The van der Waals surface area contributed by atoms with Gasteiger partial charge in [0.2, 0.25) is 11.8 Å². The molecule has 0 radical (unpaired) electrons. The van der Waals surface area contributed by atoms with Gasteiger partial charge in [-0.1, -0.05) is 11.6 Å². The van der Waals surface area contributed by atoms with Gasteiger partial charge in [0.25, 0.3) is 0 Å². The molecule has 1 rings (SSSR count). The van der Waals surface area contributed by atoms with Crippen LogP contribution in [-0.4, -0.2) is 24.9 Å². The summed E-state index contributed by atoms with van der Waals surface area (Å²) in [7, 11) is 0. The average Bonchev–Trinajstić information content (AvgIpc) is 2.26. The fourth-order valence-electron chi connectivity index (χ4n) is 1.46. The predicted molar refractivity (Wildman–Crippen MR) is 66.8 cm³/mol. The minimum atomic E-state index is -0.639. The van der Waals surface area contributed by atoms with Crippen molar-refractivity contribution >= 4 is 29.1 Å². The second-order valence-electron chi connectivity index (χ2n) is 3.56. The minimum Gasteiger partial charge on any atom is -0.368 e. The lowest BCUT2D eigenvalue weighted by molar-refractivity contribution is -0.117. The highest BCUT2D eigenvalue weighted by Gasteiger charge is 2.16. The number of carbonyl (C=O) groups excluding carboxylic acids is 2. The van der Waals surface area contributed by atoms with Crippen LogP contribution in [0, 0.1) is 11.3 Å². The smallest absolute Gasteiger partial charge is 0.236 e. The topological polar surface area (TPSA) is 113 Å². The van der Waals surface area contributed by atoms with Crippen molar-refractivity contribution < 1.29 is 9.59 Å². The van der Waals surface area contributed by atoms with Gasteiger partial charge in [-0.05, 0) is 18.2 Å². The maximum atomic E-state index is 11.0. The molecule has 0 saturated carbocycles. The van der Waals surface area contributed by atoms with Gasteiger partial charge in [-0.25, -0.2) is 0 Å². The van der Waals surface area contributed by atoms with Crippen LogP contribution >= 0.6 is 11.6 Å². The third kappa shape index (κ3) is 3.64. The predicted octanol–water partition coefficient (Wildman–Crippen LogP) is -0.0113. The van der Waals surface area contributed by atoms with E-state index < -0.39 is 11.8 Å². The van der Waals surface area contributed by atoms with Crippen molar-refractivity contribution in [3.63, 3.8) is 0 Å². The van der Waals surface area contributed by atoms with Crippen LogP contribution in [0.15, 0.2) is 18.2 Å². The van der Waals surface area contributed by atoms with E-state index >= 15 is 0 Å². The Hall–Kier alpha value is -2.26. The Kier molecular flexibility index (Phi) is 4.52. The van der Waals surface area contributed by atoms with E-state index in [1.54, 1.807) is 0 Å². The van der Waals surface area contributed by atoms with Crippen LogP contribution in [0.4, 0.5) is 5.69 Å². The van der Waals surface area contributed by atoms with E-state index in [1.165, 1.54) is 23.1 Å². The summed E-state index contributed by atoms with van der Waals surface area (Å²) in [5.41, 5.74) is 10.8. The maximum absolute atomic E-state index is 11.0. The Morgan fingerprint density at radius 1 is 1.28 bits per heavy atom. The Morgan fingerprint density at radius 2 is 1.83 bits per heavy atom. The first-order valence-corrected chi connectivity index (χ1v) is 5.33. The highest BCUT2D eigenvalue weighted by atomic mass is 35.5. The zero-order chi connectivity index (χ0) is 13.7. The molecule has 0 bridgehead atoms. The molecule has 0 aromatic heterocycles. The van der Waals surface area contributed by atoms with Crippen LogP contribution < -0.4 is 16.4 Å². The number of nitrogens with two attached hydrogens (primary N) is 2. The molecule has 6 nitrogen and oxygen atoms in total. The lowest BCUT2D eigenvalue weighted by Gasteiger charge is -2.22. The quantitative estimate of drug-likeness (QED) is 0.780. The van der Waals surface area contributed by atoms with E-state index in [4.69, 9.17) is 28.3 Å². The van der Waals surface area contributed by atoms with Crippen LogP contribution in [-0.2, 0) is 9.59 Å². The monoisotopic (exact) mass is 266 g/mol. The number of benzene rings is 1. The fourth-order valence-corrected chi connectivity index (χ4v) is 1.63. The van der Waals surface area contributed by atoms with Gasteiger partial charge in [0.1, 0.15) is 6.07 Å². The molecule has 0 aliphatic heterocycles. The number of carbonyl (C=O) groups is 2. The van der Waals surface area contributed by atoms with Gasteiger partial charge in [-0.2, -0.15) is 5.26 Å². The SMILES string of the molecule is N#Cc1ccc(Cl)cc1N(CC(N)=O)CC(N)=O. The third-order valence-corrected chi connectivity index (χ3v) is 2.35. The number of nitriles is 1. The summed E-state index contributed by atoms with van der Waals surface area (Å²) >= 11 is 5.82. The summed E-state index contributed by atoms with van der Waals surface area (Å²) in [4.78, 5) is 23.2. The lowest BCUT2D eigenvalue weighted by Crippen LogP contribution is -2.40. The van der Waals surface area contributed by atoms with Gasteiger partial charge in [-0.15, -0.1) is 0 Å². The molecule has 0 fully saturated rings. The number of rotatable bonds is 5. The number of amides is 2. The Balaban J connectivity index is 3.18. The van der Waals surface area contributed by atoms with Crippen LogP contribution in [0.1, 0.15) is 5.56 Å². The summed E-state index contributed by atoms with van der Waals surface area (Å²) in [5.74, 6) is -1.28. The normalized spacial score (nSPS) is 9.56. The maximum Gasteiger partial charge on any atom is 0.236 e. The van der Waals surface area contributed by atoms with Crippen molar-refractivity contribution in [2.45, 2.75) is 0 Å². The van der Waals surface area contributed by atoms with Crippen molar-refractivity contribution in [1.29, 1.82) is 5.26 Å². The molecular weight excluding hydrogens is 256 g/mol. The molecule has 0 unspecified atom stereocenters. The van der Waals surface area contributed by atoms with Crippen molar-refractivity contribution in [2.75, 3.05) is 18.0 Å². The molecule has 0 saturated heterocycles. The van der Waals surface area contributed by atoms with E-state index in [2.05, 4.69) is 0 Å². The first-order valence-electron chi connectivity index (χ1n) is 4.95. The third-order valence-electron chi connectivity index (χ3n) is 2.11. The van der Waals surface area contributed by atoms with Crippen LogP contribution in [0.25, 0.3) is 0 Å². The molecule has 94 valence electrons. The van der Waals surface area contributed by atoms with Gasteiger partial charge < -0.3 is 16.4 Å². The minimum absolute atomic E-state index is 0.224. The molecule has 0 atom stereocenters. The van der Waals surface area contributed by atoms with E-state index in [0.29, 0.717) is 10.7 Å². The number of hydrogen-bond acceptors (Lipinski definition) is 4. The first-order chi connectivity index (χ1) is 8.43. The second kappa shape index (κ2) is 5.89. The largest absolute Gasteiger partial charge is 0.368 e. The Bertz CT molecular complexity index is 508. The first kappa shape index (κ1) is 13.8. The highest BCUT2D eigenvalue weighted by Crippen LogP contribution is 2.24. The lowest BCUT2D eigenvalue weighted by atomic mass is 10.1. The summed E-state index contributed by atoms with van der Waals surface area (Å²) in [6.07, 6.45) is 0. The Labute approximate surface area is 109 Å². The van der Waals surface area contributed by atoms with Gasteiger partial charge in [-0.3, -0.25) is 9.59 Å². The van der Waals surface area contributed by atoms with Crippen molar-refractivity contribution in [3.05, 3.63) is 28.8 Å². The summed E-state index contributed by atoms with van der Waals surface area (Å²) in [6, 6.07) is 6.45.